The second kappa shape index (κ2) is 12.8. The van der Waals surface area contributed by atoms with E-state index in [4.69, 9.17) is 13.3 Å². The van der Waals surface area contributed by atoms with Gasteiger partial charge in [0.2, 0.25) is 0 Å². The van der Waals surface area contributed by atoms with Crippen LogP contribution in [0.15, 0.2) is 0 Å². The maximum absolute atomic E-state index is 7.25. The molecule has 3 rings (SSSR count). The van der Waals surface area contributed by atoms with E-state index in [-0.39, 0.29) is 18.3 Å². The quantitative estimate of drug-likeness (QED) is 0.291. The van der Waals surface area contributed by atoms with Gasteiger partial charge in [-0.15, -0.1) is 0 Å². The Kier molecular flexibility index (Phi) is 10.8. The van der Waals surface area contributed by atoms with E-state index >= 15 is 0 Å². The summed E-state index contributed by atoms with van der Waals surface area (Å²) < 4.78 is 21.7. The van der Waals surface area contributed by atoms with Crippen molar-refractivity contribution in [3.05, 3.63) is 0 Å². The van der Waals surface area contributed by atoms with Gasteiger partial charge in [-0.2, -0.15) is 0 Å². The van der Waals surface area contributed by atoms with Crippen molar-refractivity contribution >= 4 is 8.80 Å². The first kappa shape index (κ1) is 29.6. The predicted octanol–water partition coefficient (Wildman–Crippen LogP) is 8.99. The van der Waals surface area contributed by atoms with Crippen molar-refractivity contribution in [1.82, 2.24) is 0 Å². The minimum Gasteiger partial charge on any atom is -0.370 e. The van der Waals surface area contributed by atoms with Gasteiger partial charge in [0.1, 0.15) is 0 Å². The third-order valence-electron chi connectivity index (χ3n) is 9.98. The molecule has 9 unspecified atom stereocenters. The van der Waals surface area contributed by atoms with Gasteiger partial charge in [0.05, 0.1) is 18.3 Å². The molecule has 3 aliphatic rings. The third kappa shape index (κ3) is 8.04. The minimum atomic E-state index is -2.86. The van der Waals surface area contributed by atoms with Crippen LogP contribution in [-0.2, 0) is 13.3 Å². The summed E-state index contributed by atoms with van der Waals surface area (Å²) >= 11 is 0. The average molecular weight is 509 g/mol. The van der Waals surface area contributed by atoms with Crippen molar-refractivity contribution in [2.75, 3.05) is 0 Å². The zero-order chi connectivity index (χ0) is 25.9. The van der Waals surface area contributed by atoms with Crippen LogP contribution >= 0.6 is 0 Å². The smallest absolute Gasteiger partial charge is 0.370 e. The molecule has 0 aromatic heterocycles. The van der Waals surface area contributed by atoms with E-state index < -0.39 is 8.80 Å². The molecule has 0 radical (unpaired) electrons. The van der Waals surface area contributed by atoms with Gasteiger partial charge in [-0.05, 0) is 91.8 Å². The molecular weight excluding hydrogens is 448 g/mol. The van der Waals surface area contributed by atoms with Crippen molar-refractivity contribution < 1.29 is 13.3 Å². The first-order chi connectivity index (χ1) is 16.4. The fraction of sp³-hybridized carbons (Fsp3) is 1.00. The van der Waals surface area contributed by atoms with Crippen LogP contribution in [0.1, 0.15) is 120 Å². The molecule has 3 nitrogen and oxygen atoms in total. The van der Waals surface area contributed by atoms with Crippen LogP contribution < -0.4 is 0 Å². The summed E-state index contributed by atoms with van der Waals surface area (Å²) in [5, 5.41) is 0. The molecule has 0 saturated heterocycles. The van der Waals surface area contributed by atoms with Crippen LogP contribution in [0, 0.1) is 53.3 Å². The Morgan fingerprint density at radius 1 is 0.486 bits per heavy atom. The Bertz CT molecular complexity index is 551. The molecule has 0 amide bonds. The van der Waals surface area contributed by atoms with Crippen LogP contribution in [0.4, 0.5) is 0 Å². The van der Waals surface area contributed by atoms with Gasteiger partial charge in [0, 0.05) is 6.55 Å². The van der Waals surface area contributed by atoms with E-state index in [1.165, 1.54) is 38.5 Å². The molecule has 3 aliphatic carbocycles. The third-order valence-corrected chi connectivity index (χ3v) is 12.2. The molecule has 9 atom stereocenters. The standard InChI is InChI=1S/C31H60O3Si/c1-20(2)26-14-11-23(7)17-29(26)32-35(10,33-30-18-24(8)12-15-27(30)21(3)4)34-31-19-25(9)13-16-28(31)22(5)6/h20-31H,11-19H2,1-10H3. The molecule has 0 N–H and O–H groups in total. The highest BCUT2D eigenvalue weighted by atomic mass is 28.4. The van der Waals surface area contributed by atoms with Crippen molar-refractivity contribution in [3.63, 3.8) is 0 Å². The molecule has 206 valence electrons. The summed E-state index contributed by atoms with van der Waals surface area (Å²) in [6.45, 7) is 23.8. The van der Waals surface area contributed by atoms with Crippen LogP contribution in [0.25, 0.3) is 0 Å². The van der Waals surface area contributed by atoms with Crippen molar-refractivity contribution in [2.45, 2.75) is 145 Å². The molecule has 0 aromatic carbocycles. The Hall–Kier alpha value is 0.0969. The number of rotatable bonds is 9. The topological polar surface area (TPSA) is 27.7 Å². The predicted molar refractivity (Wildman–Crippen MR) is 150 cm³/mol. The number of hydrogen-bond acceptors (Lipinski definition) is 3. The van der Waals surface area contributed by atoms with E-state index in [0.717, 1.165) is 37.0 Å². The lowest BCUT2D eigenvalue weighted by Crippen LogP contribution is -2.56. The van der Waals surface area contributed by atoms with Gasteiger partial charge in [0.25, 0.3) is 0 Å². The highest BCUT2D eigenvalue weighted by Crippen LogP contribution is 2.43. The lowest BCUT2D eigenvalue weighted by atomic mass is 9.75. The fourth-order valence-electron chi connectivity index (χ4n) is 7.66. The average Bonchev–Trinajstić information content (AvgIpc) is 2.72. The van der Waals surface area contributed by atoms with Crippen LogP contribution in [0.2, 0.25) is 6.55 Å². The van der Waals surface area contributed by atoms with E-state index in [1.807, 2.05) is 0 Å². The van der Waals surface area contributed by atoms with Gasteiger partial charge in [0.15, 0.2) is 0 Å². The monoisotopic (exact) mass is 508 g/mol. The van der Waals surface area contributed by atoms with E-state index in [0.29, 0.717) is 35.5 Å². The Balaban J connectivity index is 1.88. The summed E-state index contributed by atoms with van der Waals surface area (Å²) in [7, 11) is -2.86. The lowest BCUT2D eigenvalue weighted by Gasteiger charge is -2.47. The summed E-state index contributed by atoms with van der Waals surface area (Å²) in [5.41, 5.74) is 0. The van der Waals surface area contributed by atoms with E-state index in [1.54, 1.807) is 0 Å². The molecule has 0 spiro atoms. The normalized spacial score (nSPS) is 40.9. The first-order valence-electron chi connectivity index (χ1n) is 15.4. The highest BCUT2D eigenvalue weighted by molar-refractivity contribution is 6.59. The molecule has 0 aliphatic heterocycles. The molecule has 3 fully saturated rings. The molecule has 0 bridgehead atoms. The van der Waals surface area contributed by atoms with Crippen LogP contribution in [0.3, 0.4) is 0 Å². The van der Waals surface area contributed by atoms with Crippen molar-refractivity contribution in [1.29, 1.82) is 0 Å². The summed E-state index contributed by atoms with van der Waals surface area (Å²) in [6.07, 6.45) is 12.1. The second-order valence-corrected chi connectivity index (χ2v) is 16.7. The summed E-state index contributed by atoms with van der Waals surface area (Å²) in [4.78, 5) is 0. The largest absolute Gasteiger partial charge is 0.498 e. The SMILES string of the molecule is CC1CCC(C(C)C)C(O[Si](C)(OC2CC(C)CCC2C(C)C)OC2CC(C)CCC2C(C)C)C1. The molecule has 35 heavy (non-hydrogen) atoms. The van der Waals surface area contributed by atoms with Gasteiger partial charge >= 0.3 is 8.80 Å². The van der Waals surface area contributed by atoms with Gasteiger partial charge in [-0.25, -0.2) is 0 Å². The van der Waals surface area contributed by atoms with Crippen LogP contribution in [0.5, 0.6) is 0 Å². The maximum Gasteiger partial charge on any atom is 0.498 e. The minimum absolute atomic E-state index is 0.271. The van der Waals surface area contributed by atoms with Gasteiger partial charge in [-0.1, -0.05) is 81.6 Å². The molecular formula is C31H60O3Si. The highest BCUT2D eigenvalue weighted by Gasteiger charge is 2.49. The summed E-state index contributed by atoms with van der Waals surface area (Å²) in [6, 6.07) is 0. The van der Waals surface area contributed by atoms with Crippen LogP contribution in [-0.4, -0.2) is 27.1 Å². The van der Waals surface area contributed by atoms with E-state index in [9.17, 15) is 0 Å². The molecule has 0 heterocycles. The lowest BCUT2D eigenvalue weighted by molar-refractivity contribution is -0.0921. The fourth-order valence-corrected chi connectivity index (χ4v) is 10.3. The zero-order valence-corrected chi connectivity index (χ0v) is 26.0. The number of hydrogen-bond donors (Lipinski definition) is 0. The van der Waals surface area contributed by atoms with Gasteiger partial charge < -0.3 is 13.3 Å². The van der Waals surface area contributed by atoms with Gasteiger partial charge in [-0.3, -0.25) is 0 Å². The van der Waals surface area contributed by atoms with E-state index in [2.05, 4.69) is 68.9 Å². The zero-order valence-electron chi connectivity index (χ0n) is 25.0. The van der Waals surface area contributed by atoms with Crippen molar-refractivity contribution in [2.24, 2.45) is 53.3 Å². The Labute approximate surface area is 220 Å². The second-order valence-electron chi connectivity index (χ2n) is 14.3. The summed E-state index contributed by atoms with van der Waals surface area (Å²) in [5.74, 6) is 5.94. The first-order valence-corrected chi connectivity index (χ1v) is 17.6. The van der Waals surface area contributed by atoms with Crippen molar-refractivity contribution in [3.8, 4) is 0 Å². The molecule has 3 saturated carbocycles. The Morgan fingerprint density at radius 2 is 0.743 bits per heavy atom. The molecule has 4 heteroatoms. The molecule has 0 aromatic rings. The maximum atomic E-state index is 7.25. The Morgan fingerprint density at radius 3 is 0.971 bits per heavy atom.